The van der Waals surface area contributed by atoms with E-state index in [4.69, 9.17) is 5.11 Å². The second-order valence-corrected chi connectivity index (χ2v) is 5.34. The zero-order valence-corrected chi connectivity index (χ0v) is 11.1. The monoisotopic (exact) mass is 331 g/mol. The molecule has 1 aliphatic rings. The van der Waals surface area contributed by atoms with Crippen molar-refractivity contribution in [2.75, 3.05) is 6.54 Å². The predicted molar refractivity (Wildman–Crippen MR) is 70.2 cm³/mol. The maximum absolute atomic E-state index is 11.0. The van der Waals surface area contributed by atoms with Crippen LogP contribution in [0.25, 0.3) is 0 Å². The van der Waals surface area contributed by atoms with Crippen molar-refractivity contribution < 1.29 is 9.90 Å². The van der Waals surface area contributed by atoms with E-state index in [0.29, 0.717) is 0 Å². The molecule has 0 bridgehead atoms. The number of nitrogens with zero attached hydrogens (tertiary/aromatic N) is 1. The Morgan fingerprint density at radius 1 is 1.56 bits per heavy atom. The van der Waals surface area contributed by atoms with Gasteiger partial charge >= 0.3 is 5.97 Å². The van der Waals surface area contributed by atoms with Crippen LogP contribution in [0.4, 0.5) is 0 Å². The molecule has 3 nitrogen and oxygen atoms in total. The van der Waals surface area contributed by atoms with Crippen LogP contribution in [0.5, 0.6) is 0 Å². The van der Waals surface area contributed by atoms with Crippen LogP contribution in [0.3, 0.4) is 0 Å². The van der Waals surface area contributed by atoms with Gasteiger partial charge in [0.2, 0.25) is 0 Å². The molecule has 1 heterocycles. The van der Waals surface area contributed by atoms with Gasteiger partial charge in [-0.3, -0.25) is 9.69 Å². The van der Waals surface area contributed by atoms with Crippen LogP contribution in [-0.2, 0) is 11.3 Å². The number of benzene rings is 1. The van der Waals surface area contributed by atoms with Gasteiger partial charge in [-0.25, -0.2) is 0 Å². The van der Waals surface area contributed by atoms with E-state index in [0.717, 1.165) is 25.9 Å². The third-order valence-corrected chi connectivity index (χ3v) is 3.59. The Bertz CT molecular complexity index is 394. The highest BCUT2D eigenvalue weighted by Crippen LogP contribution is 2.20. The summed E-state index contributed by atoms with van der Waals surface area (Å²) in [5.74, 6) is -0.692. The number of likely N-dealkylation sites (tertiary alicyclic amines) is 1. The summed E-state index contributed by atoms with van der Waals surface area (Å²) in [5.41, 5.74) is 1.19. The summed E-state index contributed by atoms with van der Waals surface area (Å²) < 4.78 is 1.20. The summed E-state index contributed by atoms with van der Waals surface area (Å²) in [4.78, 5) is 13.1. The maximum atomic E-state index is 11.0. The average Bonchev–Trinajstić information content (AvgIpc) is 2.66. The normalized spacial score (nSPS) is 21.2. The summed E-state index contributed by atoms with van der Waals surface area (Å²) in [7, 11) is 0. The molecule has 0 amide bonds. The Labute approximate surface area is 109 Å². The summed E-state index contributed by atoms with van der Waals surface area (Å²) in [6, 6.07) is 7.93. The molecule has 1 aliphatic heterocycles. The maximum Gasteiger partial charge on any atom is 0.320 e. The topological polar surface area (TPSA) is 40.5 Å². The Balaban J connectivity index is 2.06. The van der Waals surface area contributed by atoms with Crippen molar-refractivity contribution in [2.45, 2.75) is 25.4 Å². The molecular formula is C12H14INO2. The van der Waals surface area contributed by atoms with E-state index in [1.807, 2.05) is 17.0 Å². The van der Waals surface area contributed by atoms with Crippen molar-refractivity contribution >= 4 is 28.6 Å². The number of carboxylic acids is 1. The van der Waals surface area contributed by atoms with Crippen LogP contribution in [0, 0.1) is 3.57 Å². The van der Waals surface area contributed by atoms with E-state index in [-0.39, 0.29) is 6.04 Å². The number of rotatable bonds is 3. The molecule has 4 heteroatoms. The summed E-state index contributed by atoms with van der Waals surface area (Å²) >= 11 is 2.28. The Kier molecular flexibility index (Phi) is 3.81. The fraction of sp³-hybridized carbons (Fsp3) is 0.417. The largest absolute Gasteiger partial charge is 0.480 e. The highest BCUT2D eigenvalue weighted by atomic mass is 127. The zero-order chi connectivity index (χ0) is 11.5. The Morgan fingerprint density at radius 3 is 3.06 bits per heavy atom. The Morgan fingerprint density at radius 2 is 2.38 bits per heavy atom. The lowest BCUT2D eigenvalue weighted by Crippen LogP contribution is -2.35. The van der Waals surface area contributed by atoms with Gasteiger partial charge in [0.25, 0.3) is 0 Å². The first-order valence-corrected chi connectivity index (χ1v) is 6.46. The van der Waals surface area contributed by atoms with Gasteiger partial charge in [0, 0.05) is 10.1 Å². The Hall–Kier alpha value is -0.620. The van der Waals surface area contributed by atoms with Gasteiger partial charge in [0.1, 0.15) is 6.04 Å². The number of carbonyl (C=O) groups is 1. The van der Waals surface area contributed by atoms with Crippen LogP contribution < -0.4 is 0 Å². The first-order valence-electron chi connectivity index (χ1n) is 5.38. The molecule has 1 atom stereocenters. The minimum Gasteiger partial charge on any atom is -0.480 e. The number of halogens is 1. The first kappa shape index (κ1) is 11.9. The summed E-state index contributed by atoms with van der Waals surface area (Å²) in [6.07, 6.45) is 1.76. The van der Waals surface area contributed by atoms with E-state index in [2.05, 4.69) is 34.7 Å². The highest BCUT2D eigenvalue weighted by Gasteiger charge is 2.30. The van der Waals surface area contributed by atoms with Crippen LogP contribution in [0.15, 0.2) is 24.3 Å². The molecule has 0 radical (unpaired) electrons. The molecule has 0 aliphatic carbocycles. The smallest absolute Gasteiger partial charge is 0.320 e. The van der Waals surface area contributed by atoms with Gasteiger partial charge in [-0.2, -0.15) is 0 Å². The molecule has 0 aromatic heterocycles. The van der Waals surface area contributed by atoms with Crippen molar-refractivity contribution in [3.8, 4) is 0 Å². The van der Waals surface area contributed by atoms with Crippen LogP contribution >= 0.6 is 22.6 Å². The number of hydrogen-bond donors (Lipinski definition) is 1. The lowest BCUT2D eigenvalue weighted by molar-refractivity contribution is -0.142. The molecule has 1 N–H and O–H groups in total. The van der Waals surface area contributed by atoms with Gasteiger partial charge in [-0.1, -0.05) is 12.1 Å². The van der Waals surface area contributed by atoms with E-state index >= 15 is 0 Å². The van der Waals surface area contributed by atoms with E-state index in [1.165, 1.54) is 9.13 Å². The standard InChI is InChI=1S/C12H14INO2/c13-10-4-1-3-9(7-10)8-14-6-2-5-11(14)12(15)16/h1,3-4,7,11H,2,5-6,8H2,(H,15,16)/t11-/m1/s1. The molecule has 1 fully saturated rings. The zero-order valence-electron chi connectivity index (χ0n) is 8.90. The van der Waals surface area contributed by atoms with E-state index in [1.54, 1.807) is 0 Å². The minimum absolute atomic E-state index is 0.294. The molecule has 0 spiro atoms. The third-order valence-electron chi connectivity index (χ3n) is 2.92. The number of aliphatic carboxylic acids is 1. The average molecular weight is 331 g/mol. The SMILES string of the molecule is O=C(O)[C@H]1CCCN1Cc1cccc(I)c1. The fourth-order valence-electron chi connectivity index (χ4n) is 2.16. The lowest BCUT2D eigenvalue weighted by Gasteiger charge is -2.20. The lowest BCUT2D eigenvalue weighted by atomic mass is 10.2. The van der Waals surface area contributed by atoms with Gasteiger partial charge in [-0.15, -0.1) is 0 Å². The minimum atomic E-state index is -0.692. The van der Waals surface area contributed by atoms with Crippen molar-refractivity contribution in [3.63, 3.8) is 0 Å². The first-order chi connectivity index (χ1) is 7.66. The third kappa shape index (κ3) is 2.74. The number of hydrogen-bond acceptors (Lipinski definition) is 2. The summed E-state index contributed by atoms with van der Waals surface area (Å²) in [6.45, 7) is 1.64. The van der Waals surface area contributed by atoms with Gasteiger partial charge < -0.3 is 5.11 Å². The van der Waals surface area contributed by atoms with Gasteiger partial charge in [0.15, 0.2) is 0 Å². The molecule has 1 aromatic carbocycles. The van der Waals surface area contributed by atoms with Crippen molar-refractivity contribution in [1.29, 1.82) is 0 Å². The molecule has 16 heavy (non-hydrogen) atoms. The van der Waals surface area contributed by atoms with Crippen molar-refractivity contribution in [2.24, 2.45) is 0 Å². The van der Waals surface area contributed by atoms with Crippen LogP contribution in [0.1, 0.15) is 18.4 Å². The predicted octanol–water partition coefficient (Wildman–Crippen LogP) is 2.34. The molecular weight excluding hydrogens is 317 g/mol. The van der Waals surface area contributed by atoms with Crippen LogP contribution in [0.2, 0.25) is 0 Å². The molecule has 1 aromatic rings. The molecule has 0 unspecified atom stereocenters. The molecule has 0 saturated carbocycles. The molecule has 86 valence electrons. The molecule has 1 saturated heterocycles. The van der Waals surface area contributed by atoms with Crippen molar-refractivity contribution in [1.82, 2.24) is 4.90 Å². The van der Waals surface area contributed by atoms with E-state index < -0.39 is 5.97 Å². The quantitative estimate of drug-likeness (QED) is 0.865. The van der Waals surface area contributed by atoms with Gasteiger partial charge in [-0.05, 0) is 59.7 Å². The fourth-order valence-corrected chi connectivity index (χ4v) is 2.77. The second kappa shape index (κ2) is 5.14. The second-order valence-electron chi connectivity index (χ2n) is 4.10. The highest BCUT2D eigenvalue weighted by molar-refractivity contribution is 14.1. The molecule has 2 rings (SSSR count). The van der Waals surface area contributed by atoms with Crippen molar-refractivity contribution in [3.05, 3.63) is 33.4 Å². The summed E-state index contributed by atoms with van der Waals surface area (Å²) in [5, 5.41) is 9.07. The number of carboxylic acid groups (broad SMARTS) is 1. The van der Waals surface area contributed by atoms with E-state index in [9.17, 15) is 4.79 Å². The van der Waals surface area contributed by atoms with Crippen LogP contribution in [-0.4, -0.2) is 28.6 Å². The van der Waals surface area contributed by atoms with Gasteiger partial charge in [0.05, 0.1) is 0 Å².